The number of pyridine rings is 1. The quantitative estimate of drug-likeness (QED) is 0.603. The molecule has 0 spiro atoms. The Morgan fingerprint density at radius 1 is 1.19 bits per heavy atom. The number of hydrogen-bond donors (Lipinski definition) is 2. The van der Waals surface area contributed by atoms with Gasteiger partial charge in [0.1, 0.15) is 5.52 Å². The van der Waals surface area contributed by atoms with Gasteiger partial charge in [-0.3, -0.25) is 4.98 Å². The predicted molar refractivity (Wildman–Crippen MR) is 99.5 cm³/mol. The van der Waals surface area contributed by atoms with Crippen molar-refractivity contribution in [3.05, 3.63) is 42.0 Å². The highest BCUT2D eigenvalue weighted by molar-refractivity contribution is 5.64. The molecule has 31 heavy (non-hydrogen) atoms. The lowest BCUT2D eigenvalue weighted by Crippen LogP contribution is -2.42. The number of nitrogens with zero attached hydrogens (tertiary/aromatic N) is 4. The van der Waals surface area contributed by atoms with E-state index in [0.29, 0.717) is 20.0 Å². The van der Waals surface area contributed by atoms with Gasteiger partial charge in [-0.1, -0.05) is 6.07 Å². The van der Waals surface area contributed by atoms with Crippen molar-refractivity contribution in [2.45, 2.75) is 37.3 Å². The van der Waals surface area contributed by atoms with Crippen LogP contribution in [0.25, 0.3) is 16.9 Å². The smallest absolute Gasteiger partial charge is 0.389 e. The van der Waals surface area contributed by atoms with Gasteiger partial charge >= 0.3 is 6.18 Å². The molecule has 4 heterocycles. The van der Waals surface area contributed by atoms with Gasteiger partial charge in [0.15, 0.2) is 5.82 Å². The molecule has 3 atom stereocenters. The van der Waals surface area contributed by atoms with Crippen LogP contribution in [0.4, 0.5) is 27.9 Å². The second-order valence-electron chi connectivity index (χ2n) is 7.37. The van der Waals surface area contributed by atoms with Crippen LogP contribution < -0.4 is 5.32 Å². The molecule has 0 bridgehead atoms. The zero-order valence-electron chi connectivity index (χ0n) is 16.2. The van der Waals surface area contributed by atoms with E-state index in [0.717, 1.165) is 24.4 Å². The number of hydrogen-bond acceptors (Lipinski definition) is 6. The van der Waals surface area contributed by atoms with Crippen molar-refractivity contribution in [2.75, 3.05) is 18.5 Å². The lowest BCUT2D eigenvalue weighted by Gasteiger charge is -2.28. The van der Waals surface area contributed by atoms with Crippen LogP contribution in [-0.4, -0.2) is 56.2 Å². The first kappa shape index (κ1) is 21.4. The van der Waals surface area contributed by atoms with Crippen molar-refractivity contribution in [2.24, 2.45) is 0 Å². The largest absolute Gasteiger partial charge is 0.426 e. The standard InChI is InChI=1S/C19H18F5N5O2/c1-18(21,19(22,23)24)10-2-3-12(25-7-10)14-6-11(20)15-8-26-17(28-29(14)15)27-13-4-5-31-9-16(13)30/h2-3,6-8,13,16,30H,4-5,9H2,1H3,(H,27,28)/t13-,16-,18?/m1/s1. The molecule has 1 fully saturated rings. The number of anilines is 1. The lowest BCUT2D eigenvalue weighted by molar-refractivity contribution is -0.228. The molecule has 3 aromatic heterocycles. The van der Waals surface area contributed by atoms with Gasteiger partial charge in [0.05, 0.1) is 36.3 Å². The van der Waals surface area contributed by atoms with Gasteiger partial charge < -0.3 is 15.2 Å². The van der Waals surface area contributed by atoms with Crippen molar-refractivity contribution in [1.29, 1.82) is 0 Å². The minimum atomic E-state index is -5.10. The third-order valence-corrected chi connectivity index (χ3v) is 5.21. The second-order valence-corrected chi connectivity index (χ2v) is 7.37. The summed E-state index contributed by atoms with van der Waals surface area (Å²) < 4.78 is 73.6. The van der Waals surface area contributed by atoms with Crippen molar-refractivity contribution < 1.29 is 31.8 Å². The van der Waals surface area contributed by atoms with Crippen LogP contribution in [0.15, 0.2) is 30.6 Å². The van der Waals surface area contributed by atoms with Gasteiger partial charge in [0.2, 0.25) is 11.6 Å². The number of aromatic nitrogens is 4. The third kappa shape index (κ3) is 3.92. The van der Waals surface area contributed by atoms with Gasteiger partial charge in [-0.05, 0) is 19.4 Å². The molecule has 2 N–H and O–H groups in total. The molecule has 7 nitrogen and oxygen atoms in total. The van der Waals surface area contributed by atoms with Gasteiger partial charge in [-0.25, -0.2) is 18.3 Å². The summed E-state index contributed by atoms with van der Waals surface area (Å²) in [5, 5.41) is 17.2. The Bertz CT molecular complexity index is 1080. The average molecular weight is 443 g/mol. The van der Waals surface area contributed by atoms with Crippen LogP contribution >= 0.6 is 0 Å². The number of nitrogens with one attached hydrogen (secondary N) is 1. The molecular formula is C19H18F5N5O2. The lowest BCUT2D eigenvalue weighted by atomic mass is 9.99. The minimum absolute atomic E-state index is 0.0181. The van der Waals surface area contributed by atoms with Crippen molar-refractivity contribution in [3.8, 4) is 11.4 Å². The van der Waals surface area contributed by atoms with E-state index >= 15 is 0 Å². The minimum Gasteiger partial charge on any atom is -0.389 e. The third-order valence-electron chi connectivity index (χ3n) is 5.21. The highest BCUT2D eigenvalue weighted by Gasteiger charge is 2.53. The normalized spacial score (nSPS) is 21.8. The number of aliphatic hydroxyl groups is 1. The fourth-order valence-corrected chi connectivity index (χ4v) is 3.25. The molecule has 1 unspecified atom stereocenters. The summed E-state index contributed by atoms with van der Waals surface area (Å²) in [6, 6.07) is 2.86. The Balaban J connectivity index is 1.67. The molecule has 4 rings (SSSR count). The van der Waals surface area contributed by atoms with E-state index in [1.807, 2.05) is 0 Å². The molecule has 3 aromatic rings. The molecule has 12 heteroatoms. The zero-order valence-corrected chi connectivity index (χ0v) is 16.2. The van der Waals surface area contributed by atoms with Crippen molar-refractivity contribution >= 4 is 11.5 Å². The number of fused-ring (bicyclic) bond motifs is 1. The van der Waals surface area contributed by atoms with Crippen LogP contribution in [0.3, 0.4) is 0 Å². The molecule has 0 amide bonds. The Morgan fingerprint density at radius 3 is 2.61 bits per heavy atom. The van der Waals surface area contributed by atoms with Crippen LogP contribution in [0.1, 0.15) is 18.9 Å². The Hall–Kier alpha value is -2.86. The summed E-state index contributed by atoms with van der Waals surface area (Å²) >= 11 is 0. The number of alkyl halides is 4. The van der Waals surface area contributed by atoms with Crippen LogP contribution in [0, 0.1) is 5.82 Å². The topological polar surface area (TPSA) is 84.6 Å². The highest BCUT2D eigenvalue weighted by Crippen LogP contribution is 2.42. The first-order valence-electron chi connectivity index (χ1n) is 9.37. The van der Waals surface area contributed by atoms with Crippen LogP contribution in [-0.2, 0) is 10.4 Å². The van der Waals surface area contributed by atoms with Gasteiger partial charge in [-0.2, -0.15) is 13.2 Å². The van der Waals surface area contributed by atoms with Crippen molar-refractivity contribution in [3.63, 3.8) is 0 Å². The predicted octanol–water partition coefficient (Wildman–Crippen LogP) is 3.24. The zero-order chi connectivity index (χ0) is 22.4. The van der Waals surface area contributed by atoms with E-state index in [-0.39, 0.29) is 35.5 Å². The fourth-order valence-electron chi connectivity index (χ4n) is 3.25. The molecule has 0 saturated carbocycles. The number of ether oxygens (including phenoxy) is 1. The number of halogens is 5. The summed E-state index contributed by atoms with van der Waals surface area (Å²) in [5.74, 6) is -0.551. The SMILES string of the molecule is CC(F)(c1ccc(-c2cc(F)c3cnc(N[C@@H]4CCOC[C@H]4O)nn23)nc1)C(F)(F)F. The Morgan fingerprint density at radius 2 is 1.97 bits per heavy atom. The first-order valence-corrected chi connectivity index (χ1v) is 9.37. The molecule has 1 saturated heterocycles. The molecule has 0 radical (unpaired) electrons. The Kier molecular flexibility index (Phi) is 5.30. The maximum Gasteiger partial charge on any atom is 0.426 e. The molecule has 1 aliphatic heterocycles. The molecule has 166 valence electrons. The van der Waals surface area contributed by atoms with Crippen LogP contribution in [0.5, 0.6) is 0 Å². The van der Waals surface area contributed by atoms with Crippen LogP contribution in [0.2, 0.25) is 0 Å². The van der Waals surface area contributed by atoms with E-state index in [1.54, 1.807) is 0 Å². The molecule has 1 aliphatic rings. The molecule has 0 aromatic carbocycles. The monoisotopic (exact) mass is 443 g/mol. The van der Waals surface area contributed by atoms with E-state index in [4.69, 9.17) is 4.74 Å². The summed E-state index contributed by atoms with van der Waals surface area (Å²) in [5.41, 5.74) is -3.99. The molecule has 0 aliphatic carbocycles. The van der Waals surface area contributed by atoms with Gasteiger partial charge in [-0.15, -0.1) is 5.10 Å². The van der Waals surface area contributed by atoms with Crippen molar-refractivity contribution in [1.82, 2.24) is 19.6 Å². The summed E-state index contributed by atoms with van der Waals surface area (Å²) in [4.78, 5) is 7.93. The maximum absolute atomic E-state index is 14.4. The number of aliphatic hydroxyl groups excluding tert-OH is 1. The highest BCUT2D eigenvalue weighted by atomic mass is 19.4. The van der Waals surface area contributed by atoms with E-state index in [2.05, 4.69) is 20.4 Å². The number of rotatable bonds is 4. The second kappa shape index (κ2) is 7.68. The van der Waals surface area contributed by atoms with E-state index in [9.17, 15) is 27.1 Å². The maximum atomic E-state index is 14.4. The van der Waals surface area contributed by atoms with E-state index in [1.165, 1.54) is 10.7 Å². The first-order chi connectivity index (χ1) is 14.6. The fraction of sp³-hybridized carbons (Fsp3) is 0.421. The van der Waals surface area contributed by atoms with Gasteiger partial charge in [0, 0.05) is 24.4 Å². The van der Waals surface area contributed by atoms with E-state index < -0.39 is 29.3 Å². The Labute approximate surface area is 172 Å². The summed E-state index contributed by atoms with van der Waals surface area (Å²) in [6.45, 7) is 1.01. The summed E-state index contributed by atoms with van der Waals surface area (Å²) in [6.07, 6.45) is -3.37. The average Bonchev–Trinajstić information content (AvgIpc) is 3.05. The van der Waals surface area contributed by atoms with Gasteiger partial charge in [0.25, 0.3) is 0 Å². The molecular weight excluding hydrogens is 425 g/mol. The summed E-state index contributed by atoms with van der Waals surface area (Å²) in [7, 11) is 0.